The summed E-state index contributed by atoms with van der Waals surface area (Å²) in [5, 5.41) is 3.17. The molecule has 34 heavy (non-hydrogen) atoms. The van der Waals surface area contributed by atoms with Crippen molar-refractivity contribution in [1.29, 1.82) is 0 Å². The summed E-state index contributed by atoms with van der Waals surface area (Å²) in [6.07, 6.45) is 0. The number of nitrogens with one attached hydrogen (secondary N) is 1. The summed E-state index contributed by atoms with van der Waals surface area (Å²) in [5.74, 6) is -0.920. The molecule has 9 nitrogen and oxygen atoms in total. The number of rotatable bonds is 7. The van der Waals surface area contributed by atoms with Gasteiger partial charge in [-0.1, -0.05) is 29.8 Å². The number of hydrogen-bond acceptors (Lipinski definition) is 7. The Bertz CT molecular complexity index is 1060. The SMILES string of the molecule is COc1cc(N)c(Cl)cc1C(=O)OCC(=O)N1CCN(CC(=O)Nc2c(C)cccc2C)CC1. The zero-order chi connectivity index (χ0) is 24.8. The summed E-state index contributed by atoms with van der Waals surface area (Å²) >= 11 is 5.98. The molecule has 0 bridgehead atoms. The molecule has 0 spiro atoms. The Balaban J connectivity index is 1.46. The number of para-hydroxylation sites is 1. The Morgan fingerprint density at radius 3 is 2.35 bits per heavy atom. The molecule has 0 aromatic heterocycles. The first-order valence-electron chi connectivity index (χ1n) is 10.9. The number of methoxy groups -OCH3 is 1. The predicted molar refractivity (Wildman–Crippen MR) is 130 cm³/mol. The van der Waals surface area contributed by atoms with Gasteiger partial charge in [-0.3, -0.25) is 14.5 Å². The third-order valence-corrected chi connectivity index (χ3v) is 6.03. The van der Waals surface area contributed by atoms with Gasteiger partial charge in [-0.15, -0.1) is 0 Å². The standard InChI is InChI=1S/C24H29ClN4O5/c1-15-5-4-6-16(2)23(15)27-21(30)13-28-7-9-29(10-8-28)22(31)14-34-24(32)17-11-18(25)19(26)12-20(17)33-3/h4-6,11-12H,7-10,13-14,26H2,1-3H3,(H,27,30). The molecule has 2 aromatic rings. The number of amides is 2. The van der Waals surface area contributed by atoms with Gasteiger partial charge >= 0.3 is 5.97 Å². The van der Waals surface area contributed by atoms with Crippen molar-refractivity contribution < 1.29 is 23.9 Å². The molecular formula is C24H29ClN4O5. The highest BCUT2D eigenvalue weighted by molar-refractivity contribution is 6.33. The van der Waals surface area contributed by atoms with Crippen molar-refractivity contribution in [3.05, 3.63) is 52.0 Å². The van der Waals surface area contributed by atoms with E-state index in [0.717, 1.165) is 16.8 Å². The lowest BCUT2D eigenvalue weighted by Crippen LogP contribution is -2.51. The zero-order valence-corrected chi connectivity index (χ0v) is 20.3. The molecule has 0 radical (unpaired) electrons. The summed E-state index contributed by atoms with van der Waals surface area (Å²) in [6.45, 7) is 5.70. The molecule has 1 aliphatic heterocycles. The van der Waals surface area contributed by atoms with Gasteiger partial charge in [0.1, 0.15) is 11.3 Å². The second kappa shape index (κ2) is 11.2. The minimum absolute atomic E-state index is 0.0919. The van der Waals surface area contributed by atoms with E-state index in [2.05, 4.69) is 5.32 Å². The van der Waals surface area contributed by atoms with E-state index in [1.54, 1.807) is 4.90 Å². The van der Waals surface area contributed by atoms with Gasteiger partial charge in [0.2, 0.25) is 5.91 Å². The maximum atomic E-state index is 12.5. The monoisotopic (exact) mass is 488 g/mol. The van der Waals surface area contributed by atoms with Crippen molar-refractivity contribution in [2.24, 2.45) is 0 Å². The third kappa shape index (κ3) is 6.18. The van der Waals surface area contributed by atoms with Crippen molar-refractivity contribution in [3.63, 3.8) is 0 Å². The molecule has 3 N–H and O–H groups in total. The maximum Gasteiger partial charge on any atom is 0.342 e. The van der Waals surface area contributed by atoms with Crippen LogP contribution in [0.15, 0.2) is 30.3 Å². The number of hydrogen-bond donors (Lipinski definition) is 2. The Morgan fingerprint density at radius 1 is 1.09 bits per heavy atom. The van der Waals surface area contributed by atoms with Crippen molar-refractivity contribution in [2.75, 3.05) is 57.5 Å². The van der Waals surface area contributed by atoms with E-state index in [1.165, 1.54) is 19.2 Å². The van der Waals surface area contributed by atoms with Crippen molar-refractivity contribution in [2.45, 2.75) is 13.8 Å². The molecule has 3 rings (SSSR count). The van der Waals surface area contributed by atoms with E-state index in [1.807, 2.05) is 36.9 Å². The average Bonchev–Trinajstić information content (AvgIpc) is 2.81. The Labute approximate surface area is 203 Å². The largest absolute Gasteiger partial charge is 0.496 e. The summed E-state index contributed by atoms with van der Waals surface area (Å²) in [4.78, 5) is 41.0. The first kappa shape index (κ1) is 25.3. The summed E-state index contributed by atoms with van der Waals surface area (Å²) < 4.78 is 10.3. The van der Waals surface area contributed by atoms with E-state index in [9.17, 15) is 14.4 Å². The van der Waals surface area contributed by atoms with E-state index < -0.39 is 12.6 Å². The molecule has 1 aliphatic rings. The molecule has 1 fully saturated rings. The molecule has 1 heterocycles. The fourth-order valence-electron chi connectivity index (χ4n) is 3.74. The molecule has 0 atom stereocenters. The fraction of sp³-hybridized carbons (Fsp3) is 0.375. The number of carbonyl (C=O) groups is 3. The number of carbonyl (C=O) groups excluding carboxylic acids is 3. The van der Waals surface area contributed by atoms with Gasteiger partial charge in [0.25, 0.3) is 5.91 Å². The van der Waals surface area contributed by atoms with Crippen LogP contribution in [0.3, 0.4) is 0 Å². The number of nitrogens with zero attached hydrogens (tertiary/aromatic N) is 2. The molecule has 182 valence electrons. The van der Waals surface area contributed by atoms with Crippen LogP contribution in [0, 0.1) is 13.8 Å². The maximum absolute atomic E-state index is 12.5. The van der Waals surface area contributed by atoms with Crippen molar-refractivity contribution >= 4 is 40.8 Å². The van der Waals surface area contributed by atoms with Crippen LogP contribution in [-0.4, -0.2) is 74.0 Å². The number of piperazine rings is 1. The molecule has 2 amide bonds. The van der Waals surface area contributed by atoms with Crippen LogP contribution >= 0.6 is 11.6 Å². The van der Waals surface area contributed by atoms with Gasteiger partial charge in [-0.2, -0.15) is 0 Å². The number of esters is 1. The third-order valence-electron chi connectivity index (χ3n) is 5.70. The van der Waals surface area contributed by atoms with Crippen LogP contribution in [0.4, 0.5) is 11.4 Å². The average molecular weight is 489 g/mol. The second-order valence-corrected chi connectivity index (χ2v) is 8.53. The smallest absolute Gasteiger partial charge is 0.342 e. The van der Waals surface area contributed by atoms with Crippen LogP contribution < -0.4 is 15.8 Å². The molecular weight excluding hydrogens is 460 g/mol. The topological polar surface area (TPSA) is 114 Å². The van der Waals surface area contributed by atoms with Gasteiger partial charge < -0.3 is 25.4 Å². The molecule has 0 saturated carbocycles. The summed E-state index contributed by atoms with van der Waals surface area (Å²) in [5.41, 5.74) is 8.94. The fourth-order valence-corrected chi connectivity index (χ4v) is 3.91. The highest BCUT2D eigenvalue weighted by atomic mass is 35.5. The quantitative estimate of drug-likeness (QED) is 0.454. The number of ether oxygens (including phenoxy) is 2. The number of benzene rings is 2. The second-order valence-electron chi connectivity index (χ2n) is 8.12. The van der Waals surface area contributed by atoms with Crippen molar-refractivity contribution in [1.82, 2.24) is 9.80 Å². The number of anilines is 2. The van der Waals surface area contributed by atoms with Gasteiger partial charge in [0.15, 0.2) is 6.61 Å². The number of nitrogens with two attached hydrogens (primary N) is 1. The zero-order valence-electron chi connectivity index (χ0n) is 19.5. The molecule has 1 saturated heterocycles. The molecule has 10 heteroatoms. The van der Waals surface area contributed by atoms with Crippen molar-refractivity contribution in [3.8, 4) is 5.75 Å². The lowest BCUT2D eigenvalue weighted by molar-refractivity contribution is -0.136. The number of halogens is 1. The van der Waals surface area contributed by atoms with E-state index >= 15 is 0 Å². The normalized spacial score (nSPS) is 13.9. The van der Waals surface area contributed by atoms with Crippen LogP contribution in [0.5, 0.6) is 5.75 Å². The highest BCUT2D eigenvalue weighted by Gasteiger charge is 2.24. The first-order valence-corrected chi connectivity index (χ1v) is 11.2. The van der Waals surface area contributed by atoms with Gasteiger partial charge in [0, 0.05) is 37.9 Å². The minimum atomic E-state index is -0.728. The Morgan fingerprint density at radius 2 is 1.74 bits per heavy atom. The lowest BCUT2D eigenvalue weighted by Gasteiger charge is -2.34. The van der Waals surface area contributed by atoms with E-state index in [0.29, 0.717) is 26.2 Å². The van der Waals surface area contributed by atoms with Gasteiger partial charge in [0.05, 0.1) is 24.4 Å². The number of aryl methyl sites for hydroxylation is 2. The summed E-state index contributed by atoms with van der Waals surface area (Å²) in [6, 6.07) is 8.64. The van der Waals surface area contributed by atoms with E-state index in [4.69, 9.17) is 26.8 Å². The van der Waals surface area contributed by atoms with Gasteiger partial charge in [-0.25, -0.2) is 4.79 Å². The molecule has 2 aromatic carbocycles. The van der Waals surface area contributed by atoms with E-state index in [-0.39, 0.29) is 40.4 Å². The highest BCUT2D eigenvalue weighted by Crippen LogP contribution is 2.29. The van der Waals surface area contributed by atoms with Crippen LogP contribution in [0.2, 0.25) is 5.02 Å². The van der Waals surface area contributed by atoms with Crippen LogP contribution in [0.1, 0.15) is 21.5 Å². The first-order chi connectivity index (χ1) is 16.2. The van der Waals surface area contributed by atoms with Gasteiger partial charge in [-0.05, 0) is 31.0 Å². The number of nitrogen functional groups attached to an aromatic ring is 1. The Hall–Kier alpha value is -3.30. The summed E-state index contributed by atoms with van der Waals surface area (Å²) in [7, 11) is 1.40. The predicted octanol–water partition coefficient (Wildman–Crippen LogP) is 2.49. The Kier molecular flexibility index (Phi) is 8.36. The van der Waals surface area contributed by atoms with Crippen LogP contribution in [-0.2, 0) is 14.3 Å². The minimum Gasteiger partial charge on any atom is -0.496 e. The lowest BCUT2D eigenvalue weighted by atomic mass is 10.1. The molecule has 0 aliphatic carbocycles. The molecule has 0 unspecified atom stereocenters. The van der Waals surface area contributed by atoms with Crippen LogP contribution in [0.25, 0.3) is 0 Å².